The number of hydrogen-bond acceptors (Lipinski definition) is 3. The third-order valence-electron chi connectivity index (χ3n) is 2.46. The van der Waals surface area contributed by atoms with Gasteiger partial charge in [0.2, 0.25) is 0 Å². The van der Waals surface area contributed by atoms with E-state index in [-0.39, 0.29) is 5.97 Å². The minimum atomic E-state index is -0.306. The normalized spacial score (nSPS) is 9.83. The van der Waals surface area contributed by atoms with Crippen molar-refractivity contribution < 1.29 is 9.53 Å². The highest BCUT2D eigenvalue weighted by Crippen LogP contribution is 2.16. The zero-order valence-electron chi connectivity index (χ0n) is 10.2. The summed E-state index contributed by atoms with van der Waals surface area (Å²) in [6, 6.07) is 17.5. The number of carbonyl (C=O) groups is 1. The van der Waals surface area contributed by atoms with Gasteiger partial charge in [-0.2, -0.15) is 0 Å². The van der Waals surface area contributed by atoms with Crippen molar-refractivity contribution in [1.82, 2.24) is 0 Å². The van der Waals surface area contributed by atoms with Crippen molar-refractivity contribution in [2.45, 2.75) is 13.5 Å². The van der Waals surface area contributed by atoms with E-state index >= 15 is 0 Å². The molecule has 3 heteroatoms. The molecule has 2 aromatic rings. The molecule has 0 bridgehead atoms. The average molecular weight is 241 g/mol. The molecule has 92 valence electrons. The van der Waals surface area contributed by atoms with E-state index in [1.54, 1.807) is 12.1 Å². The molecular weight excluding hydrogens is 226 g/mol. The van der Waals surface area contributed by atoms with Crippen LogP contribution in [0.25, 0.3) is 0 Å². The number of rotatable bonds is 4. The molecule has 2 rings (SSSR count). The highest BCUT2D eigenvalue weighted by Gasteiger charge is 1.98. The number of anilines is 1. The van der Waals surface area contributed by atoms with Gasteiger partial charge in [-0.3, -0.25) is 4.79 Å². The standard InChI is InChI=1S/C15H15NO2/c1-12(17)18-15-9-7-14(8-10-15)16-11-13-5-3-2-4-6-13/h2-10,16H,11H2,1H3. The largest absolute Gasteiger partial charge is 0.427 e. The Morgan fingerprint density at radius 2 is 1.72 bits per heavy atom. The maximum absolute atomic E-state index is 10.8. The highest BCUT2D eigenvalue weighted by molar-refractivity contribution is 5.69. The fourth-order valence-corrected chi connectivity index (χ4v) is 1.61. The Bertz CT molecular complexity index is 506. The Hall–Kier alpha value is -2.29. The van der Waals surface area contributed by atoms with Crippen LogP contribution in [0.5, 0.6) is 5.75 Å². The van der Waals surface area contributed by atoms with Crippen LogP contribution in [-0.4, -0.2) is 5.97 Å². The molecule has 0 unspecified atom stereocenters. The van der Waals surface area contributed by atoms with Crippen molar-refractivity contribution >= 4 is 11.7 Å². The van der Waals surface area contributed by atoms with Crippen molar-refractivity contribution in [2.24, 2.45) is 0 Å². The molecule has 0 saturated carbocycles. The molecule has 0 atom stereocenters. The Labute approximate surface area is 106 Å². The van der Waals surface area contributed by atoms with E-state index in [4.69, 9.17) is 4.74 Å². The van der Waals surface area contributed by atoms with Gasteiger partial charge < -0.3 is 10.1 Å². The zero-order valence-corrected chi connectivity index (χ0v) is 10.2. The van der Waals surface area contributed by atoms with Gasteiger partial charge in [-0.05, 0) is 29.8 Å². The lowest BCUT2D eigenvalue weighted by atomic mass is 10.2. The smallest absolute Gasteiger partial charge is 0.308 e. The number of nitrogens with one attached hydrogen (secondary N) is 1. The van der Waals surface area contributed by atoms with Gasteiger partial charge in [0.15, 0.2) is 0 Å². The van der Waals surface area contributed by atoms with Gasteiger partial charge in [-0.25, -0.2) is 0 Å². The van der Waals surface area contributed by atoms with Crippen LogP contribution >= 0.6 is 0 Å². The SMILES string of the molecule is CC(=O)Oc1ccc(NCc2ccccc2)cc1. The molecule has 0 aromatic heterocycles. The second kappa shape index (κ2) is 5.87. The van der Waals surface area contributed by atoms with Gasteiger partial charge in [0.25, 0.3) is 0 Å². The van der Waals surface area contributed by atoms with E-state index in [0.717, 1.165) is 12.2 Å². The lowest BCUT2D eigenvalue weighted by molar-refractivity contribution is -0.131. The van der Waals surface area contributed by atoms with Gasteiger partial charge in [0.1, 0.15) is 5.75 Å². The number of esters is 1. The van der Waals surface area contributed by atoms with Crippen molar-refractivity contribution in [1.29, 1.82) is 0 Å². The van der Waals surface area contributed by atoms with E-state index in [9.17, 15) is 4.79 Å². The molecule has 0 saturated heterocycles. The predicted octanol–water partition coefficient (Wildman–Crippen LogP) is 3.22. The predicted molar refractivity (Wildman–Crippen MR) is 71.5 cm³/mol. The second-order valence-corrected chi connectivity index (χ2v) is 3.96. The number of hydrogen-bond donors (Lipinski definition) is 1. The van der Waals surface area contributed by atoms with Crippen LogP contribution in [0.3, 0.4) is 0 Å². The van der Waals surface area contributed by atoms with Crippen molar-refractivity contribution in [3.8, 4) is 5.75 Å². The van der Waals surface area contributed by atoms with Crippen LogP contribution in [-0.2, 0) is 11.3 Å². The van der Waals surface area contributed by atoms with Crippen LogP contribution in [0, 0.1) is 0 Å². The second-order valence-electron chi connectivity index (χ2n) is 3.96. The molecule has 0 amide bonds. The summed E-state index contributed by atoms with van der Waals surface area (Å²) in [5, 5.41) is 3.30. The molecule has 0 fully saturated rings. The van der Waals surface area contributed by atoms with Gasteiger partial charge in [-0.1, -0.05) is 30.3 Å². The molecule has 0 aliphatic carbocycles. The summed E-state index contributed by atoms with van der Waals surface area (Å²) in [7, 11) is 0. The first-order valence-electron chi connectivity index (χ1n) is 5.80. The molecular formula is C15H15NO2. The fourth-order valence-electron chi connectivity index (χ4n) is 1.61. The Kier molecular flexibility index (Phi) is 3.97. The van der Waals surface area contributed by atoms with Gasteiger partial charge in [-0.15, -0.1) is 0 Å². The molecule has 3 nitrogen and oxygen atoms in total. The first kappa shape index (κ1) is 12.2. The summed E-state index contributed by atoms with van der Waals surface area (Å²) in [4.78, 5) is 10.8. The van der Waals surface area contributed by atoms with Crippen molar-refractivity contribution in [3.63, 3.8) is 0 Å². The summed E-state index contributed by atoms with van der Waals surface area (Å²) >= 11 is 0. The molecule has 0 spiro atoms. The monoisotopic (exact) mass is 241 g/mol. The van der Waals surface area contributed by atoms with Crippen LogP contribution in [0.1, 0.15) is 12.5 Å². The molecule has 0 radical (unpaired) electrons. The first-order valence-corrected chi connectivity index (χ1v) is 5.80. The van der Waals surface area contributed by atoms with E-state index in [2.05, 4.69) is 17.4 Å². The number of benzene rings is 2. The number of ether oxygens (including phenoxy) is 1. The van der Waals surface area contributed by atoms with E-state index in [1.165, 1.54) is 12.5 Å². The molecule has 0 aliphatic rings. The summed E-state index contributed by atoms with van der Waals surface area (Å²) in [5.41, 5.74) is 2.22. The van der Waals surface area contributed by atoms with E-state index in [0.29, 0.717) is 5.75 Å². The zero-order chi connectivity index (χ0) is 12.8. The van der Waals surface area contributed by atoms with Crippen LogP contribution in [0.2, 0.25) is 0 Å². The molecule has 0 heterocycles. The lowest BCUT2D eigenvalue weighted by Crippen LogP contribution is -2.02. The van der Waals surface area contributed by atoms with Crippen LogP contribution < -0.4 is 10.1 Å². The minimum absolute atomic E-state index is 0.306. The Morgan fingerprint density at radius 1 is 1.06 bits per heavy atom. The third kappa shape index (κ3) is 3.63. The average Bonchev–Trinajstić information content (AvgIpc) is 2.38. The minimum Gasteiger partial charge on any atom is -0.427 e. The third-order valence-corrected chi connectivity index (χ3v) is 2.46. The topological polar surface area (TPSA) is 38.3 Å². The van der Waals surface area contributed by atoms with Gasteiger partial charge in [0, 0.05) is 19.2 Å². The lowest BCUT2D eigenvalue weighted by Gasteiger charge is -2.07. The first-order chi connectivity index (χ1) is 8.74. The maximum Gasteiger partial charge on any atom is 0.308 e. The number of carbonyl (C=O) groups excluding carboxylic acids is 1. The van der Waals surface area contributed by atoms with Crippen LogP contribution in [0.15, 0.2) is 54.6 Å². The Balaban J connectivity index is 1.92. The summed E-state index contributed by atoms with van der Waals surface area (Å²) in [6.07, 6.45) is 0. The van der Waals surface area contributed by atoms with Crippen LogP contribution in [0.4, 0.5) is 5.69 Å². The molecule has 18 heavy (non-hydrogen) atoms. The molecule has 0 aliphatic heterocycles. The van der Waals surface area contributed by atoms with E-state index < -0.39 is 0 Å². The summed E-state index contributed by atoms with van der Waals surface area (Å²) in [6.45, 7) is 2.16. The molecule has 1 N–H and O–H groups in total. The fraction of sp³-hybridized carbons (Fsp3) is 0.133. The maximum atomic E-state index is 10.8. The van der Waals surface area contributed by atoms with Gasteiger partial charge in [0.05, 0.1) is 0 Å². The quantitative estimate of drug-likeness (QED) is 0.659. The summed E-state index contributed by atoms with van der Waals surface area (Å²) in [5.74, 6) is 0.257. The molecule has 2 aromatic carbocycles. The van der Waals surface area contributed by atoms with Crippen molar-refractivity contribution in [2.75, 3.05) is 5.32 Å². The Morgan fingerprint density at radius 3 is 2.33 bits per heavy atom. The van der Waals surface area contributed by atoms with Gasteiger partial charge >= 0.3 is 5.97 Å². The van der Waals surface area contributed by atoms with Crippen molar-refractivity contribution in [3.05, 3.63) is 60.2 Å². The highest BCUT2D eigenvalue weighted by atomic mass is 16.5. The summed E-state index contributed by atoms with van der Waals surface area (Å²) < 4.78 is 4.97. The van der Waals surface area contributed by atoms with E-state index in [1.807, 2.05) is 30.3 Å².